The average molecular weight is 333 g/mol. The van der Waals surface area contributed by atoms with Crippen LogP contribution in [-0.2, 0) is 13.6 Å². The number of aromatic nitrogens is 2. The predicted molar refractivity (Wildman–Crippen MR) is 97.3 cm³/mol. The van der Waals surface area contributed by atoms with Gasteiger partial charge in [-0.3, -0.25) is 0 Å². The highest BCUT2D eigenvalue weighted by molar-refractivity contribution is 5.77. The Balaban J connectivity index is 1.44. The Morgan fingerprint density at radius 3 is 2.68 bits per heavy atom. The van der Waals surface area contributed by atoms with E-state index in [0.717, 1.165) is 28.0 Å². The van der Waals surface area contributed by atoms with Crippen molar-refractivity contribution in [2.75, 3.05) is 5.32 Å². The van der Waals surface area contributed by atoms with E-state index in [0.29, 0.717) is 12.4 Å². The first-order chi connectivity index (χ1) is 12.2. The molecule has 0 bridgehead atoms. The summed E-state index contributed by atoms with van der Waals surface area (Å²) in [5, 5.41) is 14.9. The number of aliphatic hydroxyl groups is 1. The smallest absolute Gasteiger partial charge is 0.142 e. The molecule has 4 aromatic rings. The first-order valence-electron chi connectivity index (χ1n) is 8.17. The molecule has 1 atom stereocenters. The number of hydrogen-bond donors (Lipinski definition) is 2. The maximum atomic E-state index is 10.4. The summed E-state index contributed by atoms with van der Waals surface area (Å²) in [6.45, 7) is 0.607. The van der Waals surface area contributed by atoms with Gasteiger partial charge in [0.25, 0.3) is 0 Å². The predicted octanol–water partition coefficient (Wildman–Crippen LogP) is 3.86. The van der Waals surface area contributed by atoms with Crippen molar-refractivity contribution in [3.05, 3.63) is 84.1 Å². The summed E-state index contributed by atoms with van der Waals surface area (Å²) in [5.74, 6) is 1.52. The van der Waals surface area contributed by atoms with Crippen LogP contribution in [0.3, 0.4) is 0 Å². The number of nitrogens with zero attached hydrogens (tertiary/aromatic N) is 2. The van der Waals surface area contributed by atoms with Gasteiger partial charge in [-0.15, -0.1) is 0 Å². The van der Waals surface area contributed by atoms with Crippen molar-refractivity contribution in [3.8, 4) is 0 Å². The highest BCUT2D eigenvalue weighted by atomic mass is 16.3. The molecule has 2 heterocycles. The zero-order valence-corrected chi connectivity index (χ0v) is 13.9. The van der Waals surface area contributed by atoms with Crippen molar-refractivity contribution in [2.45, 2.75) is 12.6 Å². The first-order valence-corrected chi connectivity index (χ1v) is 8.17. The quantitative estimate of drug-likeness (QED) is 0.582. The second-order valence-corrected chi connectivity index (χ2v) is 6.02. The summed E-state index contributed by atoms with van der Waals surface area (Å²) in [5.41, 5.74) is 2.67. The van der Waals surface area contributed by atoms with E-state index in [2.05, 4.69) is 10.3 Å². The van der Waals surface area contributed by atoms with Crippen LogP contribution in [0.4, 0.5) is 5.69 Å². The van der Waals surface area contributed by atoms with Gasteiger partial charge < -0.3 is 19.4 Å². The highest BCUT2D eigenvalue weighted by Gasteiger charge is 2.14. The third-order valence-corrected chi connectivity index (χ3v) is 4.27. The molecule has 0 aliphatic heterocycles. The normalized spacial score (nSPS) is 12.4. The van der Waals surface area contributed by atoms with Crippen LogP contribution < -0.4 is 5.32 Å². The fraction of sp³-hybridized carbons (Fsp3) is 0.150. The molecular formula is C20H19N3O2. The number of fused-ring (bicyclic) bond motifs is 1. The molecule has 5 nitrogen and oxygen atoms in total. The molecular weight excluding hydrogens is 314 g/mol. The standard InChI is InChI=1S/C20H19N3O2/c1-23-11-10-21-20(23)19(24)14-6-8-16(9-7-14)22-13-17-12-15-4-2-3-5-18(15)25-17/h2-12,19,22,24H,13H2,1H3/t19-/m1/s1. The highest BCUT2D eigenvalue weighted by Crippen LogP contribution is 2.23. The lowest BCUT2D eigenvalue weighted by atomic mass is 10.1. The van der Waals surface area contributed by atoms with E-state index >= 15 is 0 Å². The Hall–Kier alpha value is -3.05. The lowest BCUT2D eigenvalue weighted by Crippen LogP contribution is -2.07. The lowest BCUT2D eigenvalue weighted by Gasteiger charge is -2.12. The Morgan fingerprint density at radius 1 is 1.16 bits per heavy atom. The van der Waals surface area contributed by atoms with E-state index in [9.17, 15) is 5.11 Å². The Kier molecular flexibility index (Phi) is 3.99. The van der Waals surface area contributed by atoms with E-state index in [1.165, 1.54) is 0 Å². The van der Waals surface area contributed by atoms with Gasteiger partial charge in [0.2, 0.25) is 0 Å². The van der Waals surface area contributed by atoms with E-state index in [1.807, 2.05) is 72.4 Å². The van der Waals surface area contributed by atoms with Gasteiger partial charge in [0.05, 0.1) is 6.54 Å². The number of rotatable bonds is 5. The molecule has 25 heavy (non-hydrogen) atoms. The van der Waals surface area contributed by atoms with Gasteiger partial charge >= 0.3 is 0 Å². The maximum absolute atomic E-state index is 10.4. The molecule has 0 saturated heterocycles. The van der Waals surface area contributed by atoms with Crippen molar-refractivity contribution in [1.82, 2.24) is 9.55 Å². The topological polar surface area (TPSA) is 63.2 Å². The van der Waals surface area contributed by atoms with Crippen molar-refractivity contribution in [1.29, 1.82) is 0 Å². The average Bonchev–Trinajstić information content (AvgIpc) is 3.25. The van der Waals surface area contributed by atoms with Gasteiger partial charge in [0.15, 0.2) is 0 Å². The van der Waals surface area contributed by atoms with Gasteiger partial charge in [-0.25, -0.2) is 4.98 Å². The zero-order valence-electron chi connectivity index (χ0n) is 13.9. The molecule has 2 aromatic carbocycles. The number of benzene rings is 2. The second kappa shape index (κ2) is 6.45. The van der Waals surface area contributed by atoms with E-state index < -0.39 is 6.10 Å². The van der Waals surface area contributed by atoms with Crippen LogP contribution in [0.15, 0.2) is 71.4 Å². The molecule has 0 unspecified atom stereocenters. The summed E-state index contributed by atoms with van der Waals surface area (Å²) in [4.78, 5) is 4.20. The molecule has 0 aliphatic rings. The molecule has 5 heteroatoms. The van der Waals surface area contributed by atoms with E-state index in [4.69, 9.17) is 4.42 Å². The van der Waals surface area contributed by atoms with Crippen molar-refractivity contribution >= 4 is 16.7 Å². The number of hydrogen-bond acceptors (Lipinski definition) is 4. The molecule has 0 amide bonds. The maximum Gasteiger partial charge on any atom is 0.142 e. The van der Waals surface area contributed by atoms with Crippen LogP contribution in [0.1, 0.15) is 23.3 Å². The number of nitrogens with one attached hydrogen (secondary N) is 1. The minimum Gasteiger partial charge on any atom is -0.459 e. The fourth-order valence-corrected chi connectivity index (χ4v) is 2.89. The third kappa shape index (κ3) is 3.14. The van der Waals surface area contributed by atoms with Gasteiger partial charge in [-0.1, -0.05) is 30.3 Å². The Labute approximate surface area is 145 Å². The van der Waals surface area contributed by atoms with Gasteiger partial charge in [0.1, 0.15) is 23.3 Å². The molecule has 2 aromatic heterocycles. The molecule has 2 N–H and O–H groups in total. The summed E-state index contributed by atoms with van der Waals surface area (Å²) < 4.78 is 7.62. The summed E-state index contributed by atoms with van der Waals surface area (Å²) >= 11 is 0. The number of para-hydroxylation sites is 1. The van der Waals surface area contributed by atoms with Crippen molar-refractivity contribution in [3.63, 3.8) is 0 Å². The van der Waals surface area contributed by atoms with Crippen LogP contribution in [-0.4, -0.2) is 14.7 Å². The molecule has 0 aliphatic carbocycles. The van der Waals surface area contributed by atoms with Gasteiger partial charge in [-0.2, -0.15) is 0 Å². The van der Waals surface area contributed by atoms with Gasteiger partial charge in [-0.05, 0) is 29.8 Å². The lowest BCUT2D eigenvalue weighted by molar-refractivity contribution is 0.206. The minimum absolute atomic E-state index is 0.607. The van der Waals surface area contributed by atoms with E-state index in [-0.39, 0.29) is 0 Å². The van der Waals surface area contributed by atoms with E-state index in [1.54, 1.807) is 6.20 Å². The first kappa shape index (κ1) is 15.5. The minimum atomic E-state index is -0.732. The van der Waals surface area contributed by atoms with Crippen molar-refractivity contribution < 1.29 is 9.52 Å². The number of anilines is 1. The molecule has 0 saturated carbocycles. The molecule has 0 spiro atoms. The Bertz CT molecular complexity index is 953. The zero-order chi connectivity index (χ0) is 17.2. The number of aryl methyl sites for hydroxylation is 1. The van der Waals surface area contributed by atoms with Gasteiger partial charge in [0, 0.05) is 30.5 Å². The van der Waals surface area contributed by atoms with Crippen LogP contribution in [0.25, 0.3) is 11.0 Å². The number of furan rings is 1. The summed E-state index contributed by atoms with van der Waals surface area (Å²) in [6, 6.07) is 17.7. The van der Waals surface area contributed by atoms with Crippen LogP contribution in [0.2, 0.25) is 0 Å². The summed E-state index contributed by atoms with van der Waals surface area (Å²) in [7, 11) is 1.87. The van der Waals surface area contributed by atoms with Crippen LogP contribution in [0.5, 0.6) is 0 Å². The fourth-order valence-electron chi connectivity index (χ4n) is 2.89. The Morgan fingerprint density at radius 2 is 1.96 bits per heavy atom. The largest absolute Gasteiger partial charge is 0.459 e. The molecule has 0 radical (unpaired) electrons. The van der Waals surface area contributed by atoms with Crippen LogP contribution in [0, 0.1) is 0 Å². The third-order valence-electron chi connectivity index (χ3n) is 4.27. The van der Waals surface area contributed by atoms with Crippen molar-refractivity contribution in [2.24, 2.45) is 7.05 Å². The number of imidazole rings is 1. The summed E-state index contributed by atoms with van der Waals surface area (Å²) in [6.07, 6.45) is 2.77. The SMILES string of the molecule is Cn1ccnc1[C@H](O)c1ccc(NCc2cc3ccccc3o2)cc1. The molecule has 126 valence electrons. The monoisotopic (exact) mass is 333 g/mol. The number of aliphatic hydroxyl groups excluding tert-OH is 1. The molecule has 0 fully saturated rings. The van der Waals surface area contributed by atoms with Crippen LogP contribution >= 0.6 is 0 Å². The second-order valence-electron chi connectivity index (χ2n) is 6.02. The molecule has 4 rings (SSSR count).